The lowest BCUT2D eigenvalue weighted by Gasteiger charge is -2.46. The van der Waals surface area contributed by atoms with Crippen LogP contribution in [0.4, 0.5) is 0 Å². The largest absolute Gasteiger partial charge is 0.481 e. The van der Waals surface area contributed by atoms with Crippen molar-refractivity contribution >= 4 is 5.97 Å². The molecule has 2 rings (SSSR count). The maximum absolute atomic E-state index is 11.0. The van der Waals surface area contributed by atoms with E-state index in [1.54, 1.807) is 0 Å². The molecule has 1 aromatic rings. The molecular weight excluding hydrogens is 238 g/mol. The van der Waals surface area contributed by atoms with Gasteiger partial charge in [0.25, 0.3) is 0 Å². The molecule has 1 aliphatic rings. The molecule has 0 radical (unpaired) electrons. The highest BCUT2D eigenvalue weighted by atomic mass is 16.4. The fraction of sp³-hybridized carbons (Fsp3) is 0.562. The third-order valence-corrected chi connectivity index (χ3v) is 4.32. The summed E-state index contributed by atoms with van der Waals surface area (Å²) in [5, 5.41) is 9.03. The number of nitrogens with zero attached hydrogens (tertiary/aromatic N) is 1. The van der Waals surface area contributed by atoms with Gasteiger partial charge in [-0.2, -0.15) is 0 Å². The first-order chi connectivity index (χ1) is 9.02. The fourth-order valence-corrected chi connectivity index (χ4v) is 2.81. The Labute approximate surface area is 115 Å². The predicted molar refractivity (Wildman–Crippen MR) is 76.1 cm³/mol. The molecule has 0 bridgehead atoms. The first kappa shape index (κ1) is 14.1. The summed E-state index contributed by atoms with van der Waals surface area (Å²) in [6.45, 7) is 7.91. The van der Waals surface area contributed by atoms with Crippen molar-refractivity contribution in [3.05, 3.63) is 35.4 Å². The second-order valence-electron chi connectivity index (χ2n) is 5.68. The van der Waals surface area contributed by atoms with Gasteiger partial charge in [0.2, 0.25) is 0 Å². The Bertz CT molecular complexity index is 435. The summed E-state index contributed by atoms with van der Waals surface area (Å²) in [7, 11) is 0. The molecule has 2 unspecified atom stereocenters. The van der Waals surface area contributed by atoms with E-state index in [2.05, 4.69) is 43.0 Å². The summed E-state index contributed by atoms with van der Waals surface area (Å²) in [5.74, 6) is -0.600. The van der Waals surface area contributed by atoms with Gasteiger partial charge in [0.15, 0.2) is 0 Å². The summed E-state index contributed by atoms with van der Waals surface area (Å²) in [4.78, 5) is 13.4. The molecule has 0 aliphatic carbocycles. The molecule has 1 fully saturated rings. The number of carbonyl (C=O) groups is 1. The first-order valence-electron chi connectivity index (χ1n) is 7.06. The lowest BCUT2D eigenvalue weighted by Crippen LogP contribution is -2.52. The Kier molecular flexibility index (Phi) is 4.25. The SMILES string of the molecule is CCC(c1ccc(C)cc1)N1CC(C(C)C(=O)O)C1. The molecule has 0 saturated carbocycles. The minimum atomic E-state index is -0.673. The molecule has 1 saturated heterocycles. The Morgan fingerprint density at radius 3 is 2.42 bits per heavy atom. The van der Waals surface area contributed by atoms with E-state index in [-0.39, 0.29) is 5.92 Å². The van der Waals surface area contributed by atoms with Crippen LogP contribution in [-0.2, 0) is 4.79 Å². The topological polar surface area (TPSA) is 40.5 Å². The third-order valence-electron chi connectivity index (χ3n) is 4.32. The monoisotopic (exact) mass is 261 g/mol. The van der Waals surface area contributed by atoms with Crippen LogP contribution in [0.3, 0.4) is 0 Å². The third kappa shape index (κ3) is 2.98. The van der Waals surface area contributed by atoms with Crippen LogP contribution in [0.15, 0.2) is 24.3 Å². The lowest BCUT2D eigenvalue weighted by molar-refractivity contribution is -0.146. The van der Waals surface area contributed by atoms with Gasteiger partial charge in [0, 0.05) is 19.1 Å². The average molecular weight is 261 g/mol. The van der Waals surface area contributed by atoms with Crippen molar-refractivity contribution in [3.63, 3.8) is 0 Å². The standard InChI is InChI=1S/C16H23NO2/c1-4-15(13-7-5-11(2)6-8-13)17-9-14(10-17)12(3)16(18)19/h5-8,12,14-15H,4,9-10H2,1-3H3,(H,18,19). The van der Waals surface area contributed by atoms with Crippen molar-refractivity contribution in [2.75, 3.05) is 13.1 Å². The second-order valence-corrected chi connectivity index (χ2v) is 5.68. The highest BCUT2D eigenvalue weighted by molar-refractivity contribution is 5.70. The van der Waals surface area contributed by atoms with Gasteiger partial charge < -0.3 is 5.11 Å². The number of carboxylic acids is 1. The summed E-state index contributed by atoms with van der Waals surface area (Å²) < 4.78 is 0. The molecule has 0 aromatic heterocycles. The highest BCUT2D eigenvalue weighted by Crippen LogP contribution is 2.34. The van der Waals surface area contributed by atoms with Crippen LogP contribution >= 0.6 is 0 Å². The van der Waals surface area contributed by atoms with Crippen molar-refractivity contribution in [2.24, 2.45) is 11.8 Å². The highest BCUT2D eigenvalue weighted by Gasteiger charge is 2.37. The molecule has 3 heteroatoms. The van der Waals surface area contributed by atoms with Gasteiger partial charge >= 0.3 is 5.97 Å². The normalized spacial score (nSPS) is 19.7. The molecule has 3 nitrogen and oxygen atoms in total. The van der Waals surface area contributed by atoms with Crippen LogP contribution in [0, 0.1) is 18.8 Å². The summed E-state index contributed by atoms with van der Waals surface area (Å²) in [6.07, 6.45) is 1.07. The second kappa shape index (κ2) is 5.74. The number of carboxylic acid groups (broad SMARTS) is 1. The van der Waals surface area contributed by atoms with E-state index in [9.17, 15) is 4.79 Å². The zero-order valence-corrected chi connectivity index (χ0v) is 12.0. The van der Waals surface area contributed by atoms with Crippen LogP contribution in [0.1, 0.15) is 37.4 Å². The quantitative estimate of drug-likeness (QED) is 0.885. The smallest absolute Gasteiger partial charge is 0.306 e. The Morgan fingerprint density at radius 2 is 1.95 bits per heavy atom. The van der Waals surface area contributed by atoms with Crippen molar-refractivity contribution < 1.29 is 9.90 Å². The van der Waals surface area contributed by atoms with Crippen molar-refractivity contribution in [1.82, 2.24) is 4.90 Å². The molecule has 1 heterocycles. The Balaban J connectivity index is 1.98. The van der Waals surface area contributed by atoms with Gasteiger partial charge in [0.1, 0.15) is 0 Å². The molecule has 0 spiro atoms. The molecule has 2 atom stereocenters. The average Bonchev–Trinajstić information content (AvgIpc) is 2.33. The molecule has 1 aromatic carbocycles. The zero-order chi connectivity index (χ0) is 14.0. The molecular formula is C16H23NO2. The maximum Gasteiger partial charge on any atom is 0.306 e. The van der Waals surface area contributed by atoms with Crippen molar-refractivity contribution in [1.29, 1.82) is 0 Å². The van der Waals surface area contributed by atoms with E-state index < -0.39 is 5.97 Å². The van der Waals surface area contributed by atoms with Gasteiger partial charge in [-0.15, -0.1) is 0 Å². The predicted octanol–water partition coefficient (Wildman–Crippen LogP) is 3.10. The van der Waals surface area contributed by atoms with Gasteiger partial charge in [-0.3, -0.25) is 9.69 Å². The van der Waals surface area contributed by atoms with E-state index in [4.69, 9.17) is 5.11 Å². The minimum Gasteiger partial charge on any atom is -0.481 e. The van der Waals surface area contributed by atoms with Crippen molar-refractivity contribution in [2.45, 2.75) is 33.2 Å². The van der Waals surface area contributed by atoms with E-state index in [1.165, 1.54) is 11.1 Å². The van der Waals surface area contributed by atoms with Gasteiger partial charge in [-0.25, -0.2) is 0 Å². The summed E-state index contributed by atoms with van der Waals surface area (Å²) >= 11 is 0. The molecule has 19 heavy (non-hydrogen) atoms. The molecule has 0 amide bonds. The zero-order valence-electron chi connectivity index (χ0n) is 12.0. The first-order valence-corrected chi connectivity index (χ1v) is 7.06. The van der Waals surface area contributed by atoms with Crippen molar-refractivity contribution in [3.8, 4) is 0 Å². The molecule has 1 N–H and O–H groups in total. The van der Waals surface area contributed by atoms with E-state index >= 15 is 0 Å². The minimum absolute atomic E-state index is 0.230. The number of hydrogen-bond donors (Lipinski definition) is 1. The van der Waals surface area contributed by atoms with E-state index in [0.717, 1.165) is 19.5 Å². The molecule has 1 aliphatic heterocycles. The van der Waals surface area contributed by atoms with Crippen LogP contribution in [-0.4, -0.2) is 29.1 Å². The number of rotatable bonds is 5. The van der Waals surface area contributed by atoms with Gasteiger partial charge in [-0.1, -0.05) is 43.7 Å². The van der Waals surface area contributed by atoms with Gasteiger partial charge in [-0.05, 0) is 24.8 Å². The fourth-order valence-electron chi connectivity index (χ4n) is 2.81. The number of benzene rings is 1. The van der Waals surface area contributed by atoms with Gasteiger partial charge in [0.05, 0.1) is 5.92 Å². The summed E-state index contributed by atoms with van der Waals surface area (Å²) in [5.41, 5.74) is 2.62. The van der Waals surface area contributed by atoms with Crippen LogP contribution < -0.4 is 0 Å². The maximum atomic E-state index is 11.0. The number of aliphatic carboxylic acids is 1. The summed E-state index contributed by atoms with van der Waals surface area (Å²) in [6, 6.07) is 9.11. The number of likely N-dealkylation sites (tertiary alicyclic amines) is 1. The van der Waals surface area contributed by atoms with E-state index in [1.807, 2.05) is 6.92 Å². The molecule has 104 valence electrons. The lowest BCUT2D eigenvalue weighted by atomic mass is 9.84. The Hall–Kier alpha value is -1.35. The van der Waals surface area contributed by atoms with Crippen LogP contribution in [0.5, 0.6) is 0 Å². The van der Waals surface area contributed by atoms with Crippen LogP contribution in [0.2, 0.25) is 0 Å². The Morgan fingerprint density at radius 1 is 1.37 bits per heavy atom. The number of aryl methyl sites for hydroxylation is 1. The number of hydrogen-bond acceptors (Lipinski definition) is 2. The van der Waals surface area contributed by atoms with Crippen LogP contribution in [0.25, 0.3) is 0 Å². The van der Waals surface area contributed by atoms with E-state index in [0.29, 0.717) is 12.0 Å².